The SMILES string of the molecule is CSc1nc2n(n1)[C@@H](c1ccc(Cl)cc1Cl)C1=C(CCCC1=O)N2. The van der Waals surface area contributed by atoms with Crippen LogP contribution in [0.5, 0.6) is 0 Å². The van der Waals surface area contributed by atoms with E-state index in [0.717, 1.165) is 29.7 Å². The fraction of sp³-hybridized carbons (Fsp3) is 0.312. The number of carbonyl (C=O) groups excluding carboxylic acids is 1. The van der Waals surface area contributed by atoms with Gasteiger partial charge in [-0.3, -0.25) is 4.79 Å². The topological polar surface area (TPSA) is 59.8 Å². The van der Waals surface area contributed by atoms with E-state index in [2.05, 4.69) is 15.4 Å². The van der Waals surface area contributed by atoms with Gasteiger partial charge in [0.05, 0.1) is 0 Å². The Bertz CT molecular complexity index is 877. The molecule has 24 heavy (non-hydrogen) atoms. The maximum atomic E-state index is 12.6. The molecule has 0 spiro atoms. The zero-order valence-corrected chi connectivity index (χ0v) is 15.2. The van der Waals surface area contributed by atoms with Gasteiger partial charge in [-0.05, 0) is 31.2 Å². The smallest absolute Gasteiger partial charge is 0.227 e. The number of hydrogen-bond acceptors (Lipinski definition) is 5. The number of carbonyl (C=O) groups is 1. The summed E-state index contributed by atoms with van der Waals surface area (Å²) in [4.78, 5) is 17.1. The van der Waals surface area contributed by atoms with Gasteiger partial charge in [-0.1, -0.05) is 41.0 Å². The Kier molecular flexibility index (Phi) is 4.06. The molecule has 2 aromatic rings. The number of thioether (sulfide) groups is 1. The molecule has 0 bridgehead atoms. The van der Waals surface area contributed by atoms with E-state index < -0.39 is 0 Å². The molecule has 0 unspecified atom stereocenters. The molecule has 124 valence electrons. The quantitative estimate of drug-likeness (QED) is 0.785. The maximum Gasteiger partial charge on any atom is 0.227 e. The van der Waals surface area contributed by atoms with Gasteiger partial charge in [0.25, 0.3) is 0 Å². The van der Waals surface area contributed by atoms with Crippen LogP contribution in [0.3, 0.4) is 0 Å². The van der Waals surface area contributed by atoms with Gasteiger partial charge >= 0.3 is 0 Å². The molecule has 0 saturated heterocycles. The zero-order chi connectivity index (χ0) is 16.8. The number of aromatic nitrogens is 3. The molecule has 2 aliphatic rings. The number of benzene rings is 1. The third-order valence-corrected chi connectivity index (χ3v) is 5.39. The number of Topliss-reactive ketones (excluding diaryl/α,β-unsaturated/α-hetero) is 1. The summed E-state index contributed by atoms with van der Waals surface area (Å²) in [6, 6.07) is 4.96. The van der Waals surface area contributed by atoms with E-state index in [1.54, 1.807) is 16.8 Å². The normalized spacial score (nSPS) is 19.8. The molecular weight excluding hydrogens is 367 g/mol. The van der Waals surface area contributed by atoms with E-state index in [4.69, 9.17) is 23.2 Å². The first-order valence-electron chi connectivity index (χ1n) is 7.57. The average Bonchev–Trinajstić information content (AvgIpc) is 2.96. The number of nitrogens with one attached hydrogen (secondary N) is 1. The van der Waals surface area contributed by atoms with Gasteiger partial charge in [-0.25, -0.2) is 4.68 Å². The van der Waals surface area contributed by atoms with Crippen LogP contribution >= 0.6 is 35.0 Å². The summed E-state index contributed by atoms with van der Waals surface area (Å²) < 4.78 is 1.75. The first-order valence-corrected chi connectivity index (χ1v) is 9.55. The van der Waals surface area contributed by atoms with Gasteiger partial charge in [0, 0.05) is 33.3 Å². The maximum absolute atomic E-state index is 12.6. The van der Waals surface area contributed by atoms with Crippen LogP contribution in [0.15, 0.2) is 34.6 Å². The lowest BCUT2D eigenvalue weighted by molar-refractivity contribution is -0.116. The lowest BCUT2D eigenvalue weighted by Gasteiger charge is -2.32. The molecule has 8 heteroatoms. The van der Waals surface area contributed by atoms with Crippen molar-refractivity contribution in [2.24, 2.45) is 0 Å². The second-order valence-corrected chi connectivity index (χ2v) is 7.35. The Morgan fingerprint density at radius 2 is 2.17 bits per heavy atom. The van der Waals surface area contributed by atoms with E-state index in [0.29, 0.717) is 27.6 Å². The summed E-state index contributed by atoms with van der Waals surface area (Å²) in [5.41, 5.74) is 2.47. The van der Waals surface area contributed by atoms with E-state index in [-0.39, 0.29) is 11.8 Å². The first kappa shape index (κ1) is 16.0. The van der Waals surface area contributed by atoms with Crippen molar-refractivity contribution in [3.05, 3.63) is 45.1 Å². The molecule has 1 aliphatic carbocycles. The van der Waals surface area contributed by atoms with Gasteiger partial charge in [-0.2, -0.15) is 4.98 Å². The molecule has 4 rings (SSSR count). The highest BCUT2D eigenvalue weighted by Gasteiger charge is 2.37. The third-order valence-electron chi connectivity index (χ3n) is 4.29. The number of fused-ring (bicyclic) bond motifs is 1. The second-order valence-electron chi connectivity index (χ2n) is 5.73. The molecular formula is C16H14Cl2N4OS. The van der Waals surface area contributed by atoms with Gasteiger partial charge in [0.15, 0.2) is 5.78 Å². The van der Waals surface area contributed by atoms with Gasteiger partial charge < -0.3 is 5.32 Å². The Labute approximate surface area is 153 Å². The van der Waals surface area contributed by atoms with Gasteiger partial charge in [-0.15, -0.1) is 5.10 Å². The molecule has 0 amide bonds. The highest BCUT2D eigenvalue weighted by atomic mass is 35.5. The molecule has 1 aliphatic heterocycles. The molecule has 2 heterocycles. The van der Waals surface area contributed by atoms with Crippen molar-refractivity contribution in [3.63, 3.8) is 0 Å². The zero-order valence-electron chi connectivity index (χ0n) is 12.8. The highest BCUT2D eigenvalue weighted by molar-refractivity contribution is 7.98. The number of anilines is 1. The van der Waals surface area contributed by atoms with Crippen LogP contribution < -0.4 is 5.32 Å². The lowest BCUT2D eigenvalue weighted by atomic mass is 9.85. The summed E-state index contributed by atoms with van der Waals surface area (Å²) in [5.74, 6) is 0.774. The van der Waals surface area contributed by atoms with Gasteiger partial charge in [0.1, 0.15) is 6.04 Å². The predicted molar refractivity (Wildman–Crippen MR) is 95.9 cm³/mol. The number of rotatable bonds is 2. The number of ketones is 1. The standard InChI is InChI=1S/C16H14Cl2N4OS/c1-24-16-20-15-19-11-3-2-4-12(23)13(11)14(22(15)21-16)9-6-5-8(17)7-10(9)18/h5-7,14H,2-4H2,1H3,(H,19,20,21)/t14-/m0/s1. The van der Waals surface area contributed by atoms with Crippen molar-refractivity contribution in [3.8, 4) is 0 Å². The Morgan fingerprint density at radius 3 is 2.92 bits per heavy atom. The number of nitrogens with zero attached hydrogens (tertiary/aromatic N) is 3. The monoisotopic (exact) mass is 380 g/mol. The highest BCUT2D eigenvalue weighted by Crippen LogP contribution is 2.42. The van der Waals surface area contributed by atoms with Gasteiger partial charge in [0.2, 0.25) is 11.1 Å². The Morgan fingerprint density at radius 1 is 1.33 bits per heavy atom. The minimum absolute atomic E-state index is 0.131. The molecule has 5 nitrogen and oxygen atoms in total. The fourth-order valence-electron chi connectivity index (χ4n) is 3.23. The van der Waals surface area contributed by atoms with E-state index in [1.165, 1.54) is 11.8 Å². The van der Waals surface area contributed by atoms with E-state index >= 15 is 0 Å². The molecule has 0 fully saturated rings. The van der Waals surface area contributed by atoms with Crippen molar-refractivity contribution in [1.82, 2.24) is 14.8 Å². The fourth-order valence-corrected chi connectivity index (χ4v) is 4.09. The molecule has 0 radical (unpaired) electrons. The predicted octanol–water partition coefficient (Wildman–Crippen LogP) is 4.33. The summed E-state index contributed by atoms with van der Waals surface area (Å²) in [5, 5.41) is 9.56. The number of hydrogen-bond donors (Lipinski definition) is 1. The van der Waals surface area contributed by atoms with Crippen LogP contribution in [0.4, 0.5) is 5.95 Å². The second kappa shape index (κ2) is 6.10. The van der Waals surface area contributed by atoms with Crippen molar-refractivity contribution < 1.29 is 4.79 Å². The van der Waals surface area contributed by atoms with Crippen molar-refractivity contribution >= 4 is 46.7 Å². The first-order chi connectivity index (χ1) is 11.6. The van der Waals surface area contributed by atoms with E-state index in [9.17, 15) is 4.79 Å². The molecule has 0 saturated carbocycles. The van der Waals surface area contributed by atoms with Crippen LogP contribution in [-0.4, -0.2) is 26.8 Å². The Balaban J connectivity index is 1.94. The summed E-state index contributed by atoms with van der Waals surface area (Å²) in [6.45, 7) is 0. The van der Waals surface area contributed by atoms with Crippen LogP contribution in [-0.2, 0) is 4.79 Å². The summed E-state index contributed by atoms with van der Waals surface area (Å²) in [6.07, 6.45) is 4.13. The number of allylic oxidation sites excluding steroid dienone is 2. The Hall–Kier alpha value is -1.50. The van der Waals surface area contributed by atoms with Crippen LogP contribution in [0.25, 0.3) is 0 Å². The molecule has 1 aromatic carbocycles. The van der Waals surface area contributed by atoms with Crippen LogP contribution in [0.2, 0.25) is 10.0 Å². The third kappa shape index (κ3) is 2.53. The summed E-state index contributed by atoms with van der Waals surface area (Å²) >= 11 is 13.9. The average molecular weight is 381 g/mol. The van der Waals surface area contributed by atoms with E-state index in [1.807, 2.05) is 12.3 Å². The minimum atomic E-state index is -0.373. The minimum Gasteiger partial charge on any atom is -0.328 e. The molecule has 1 N–H and O–H groups in total. The summed E-state index contributed by atoms with van der Waals surface area (Å²) in [7, 11) is 0. The van der Waals surface area contributed by atoms with Crippen molar-refractivity contribution in [2.45, 2.75) is 30.5 Å². The molecule has 1 atom stereocenters. The van der Waals surface area contributed by atoms with Crippen molar-refractivity contribution in [1.29, 1.82) is 0 Å². The molecule has 1 aromatic heterocycles. The lowest BCUT2D eigenvalue weighted by Crippen LogP contribution is -2.31. The number of halogens is 2. The largest absolute Gasteiger partial charge is 0.328 e. The van der Waals surface area contributed by atoms with Crippen LogP contribution in [0.1, 0.15) is 30.9 Å². The van der Waals surface area contributed by atoms with Crippen LogP contribution in [0, 0.1) is 0 Å². The van der Waals surface area contributed by atoms with Crippen molar-refractivity contribution in [2.75, 3.05) is 11.6 Å².